The Hall–Kier alpha value is -3.12. The van der Waals surface area contributed by atoms with Crippen molar-refractivity contribution in [2.75, 3.05) is 11.5 Å². The van der Waals surface area contributed by atoms with E-state index in [2.05, 4.69) is 9.97 Å². The van der Waals surface area contributed by atoms with Gasteiger partial charge in [0, 0.05) is 28.3 Å². The van der Waals surface area contributed by atoms with Gasteiger partial charge in [0.25, 0.3) is 0 Å². The number of thiophene rings is 1. The highest BCUT2D eigenvalue weighted by Gasteiger charge is 2.15. The average Bonchev–Trinajstić information content (AvgIpc) is 3.06. The smallest absolute Gasteiger partial charge is 0.136 e. The summed E-state index contributed by atoms with van der Waals surface area (Å²) in [4.78, 5) is 9.26. The lowest BCUT2D eigenvalue weighted by atomic mass is 10.0. The zero-order valence-electron chi connectivity index (χ0n) is 13.3. The van der Waals surface area contributed by atoms with Gasteiger partial charge in [-0.05, 0) is 17.7 Å². The van der Waals surface area contributed by atoms with Gasteiger partial charge >= 0.3 is 0 Å². The third-order valence-electron chi connectivity index (χ3n) is 3.93. The van der Waals surface area contributed by atoms with Crippen LogP contribution in [0.3, 0.4) is 0 Å². The maximum absolute atomic E-state index is 6.07. The number of nitrogens with two attached hydrogens (primary N) is 2. The third kappa shape index (κ3) is 2.99. The zero-order chi connectivity index (χ0) is 17.2. The molecule has 0 aliphatic heterocycles. The van der Waals surface area contributed by atoms with Gasteiger partial charge in [-0.2, -0.15) is 0 Å². The first-order valence-corrected chi connectivity index (χ1v) is 8.64. The summed E-state index contributed by atoms with van der Waals surface area (Å²) in [5.74, 6) is 1.18. The van der Waals surface area contributed by atoms with E-state index in [0.717, 1.165) is 26.9 Å². The van der Waals surface area contributed by atoms with Crippen LogP contribution in [-0.4, -0.2) is 9.97 Å². The molecule has 0 unspecified atom stereocenters. The molecule has 0 spiro atoms. The number of fused-ring (bicyclic) bond motifs is 1. The van der Waals surface area contributed by atoms with Crippen molar-refractivity contribution < 1.29 is 4.74 Å². The first kappa shape index (κ1) is 15.4. The van der Waals surface area contributed by atoms with Crippen molar-refractivity contribution in [3.8, 4) is 16.9 Å². The van der Waals surface area contributed by atoms with Crippen molar-refractivity contribution in [2.24, 2.45) is 0 Å². The molecule has 0 amide bonds. The van der Waals surface area contributed by atoms with Crippen LogP contribution in [0.1, 0.15) is 5.56 Å². The summed E-state index contributed by atoms with van der Waals surface area (Å²) in [7, 11) is 0. The summed E-state index contributed by atoms with van der Waals surface area (Å²) in [6, 6.07) is 15.7. The molecular formula is C19H16N4OS. The van der Waals surface area contributed by atoms with Gasteiger partial charge in [-0.3, -0.25) is 0 Å². The Bertz CT molecular complexity index is 1030. The molecule has 0 aliphatic carbocycles. The first-order valence-electron chi connectivity index (χ1n) is 7.76. The predicted molar refractivity (Wildman–Crippen MR) is 102 cm³/mol. The molecule has 0 saturated heterocycles. The van der Waals surface area contributed by atoms with E-state index in [9.17, 15) is 0 Å². The Morgan fingerprint density at radius 3 is 2.64 bits per heavy atom. The summed E-state index contributed by atoms with van der Waals surface area (Å²) in [6.45, 7) is 0.464. The lowest BCUT2D eigenvalue weighted by Crippen LogP contribution is -1.98. The molecule has 2 aromatic carbocycles. The van der Waals surface area contributed by atoms with Gasteiger partial charge in [-0.1, -0.05) is 30.3 Å². The Morgan fingerprint density at radius 1 is 0.960 bits per heavy atom. The van der Waals surface area contributed by atoms with E-state index in [1.54, 1.807) is 0 Å². The molecule has 4 rings (SSSR count). The fourth-order valence-electron chi connectivity index (χ4n) is 2.71. The van der Waals surface area contributed by atoms with Crippen molar-refractivity contribution in [1.29, 1.82) is 0 Å². The summed E-state index contributed by atoms with van der Waals surface area (Å²) in [5, 5.41) is 2.87. The first-order chi connectivity index (χ1) is 12.2. The lowest BCUT2D eigenvalue weighted by Gasteiger charge is -2.12. The second kappa shape index (κ2) is 6.41. The molecule has 6 heteroatoms. The van der Waals surface area contributed by atoms with Gasteiger partial charge in [0.2, 0.25) is 0 Å². The number of anilines is 2. The van der Waals surface area contributed by atoms with E-state index in [-0.39, 0.29) is 0 Å². The van der Waals surface area contributed by atoms with Crippen LogP contribution in [0, 0.1) is 0 Å². The highest BCUT2D eigenvalue weighted by Crippen LogP contribution is 2.40. The molecule has 124 valence electrons. The van der Waals surface area contributed by atoms with Crippen molar-refractivity contribution in [3.05, 3.63) is 65.8 Å². The number of ether oxygens (including phenoxy) is 1. The molecule has 0 bridgehead atoms. The molecule has 0 saturated carbocycles. The SMILES string of the molecule is Nc1ccc(-c2csc3ncnc(N)c23)c(OCc2ccccc2)c1. The average molecular weight is 348 g/mol. The molecule has 5 nitrogen and oxygen atoms in total. The molecule has 0 fully saturated rings. The molecule has 0 aliphatic rings. The summed E-state index contributed by atoms with van der Waals surface area (Å²) < 4.78 is 6.06. The van der Waals surface area contributed by atoms with E-state index in [1.807, 2.05) is 53.9 Å². The van der Waals surface area contributed by atoms with Gasteiger partial charge in [0.05, 0.1) is 5.39 Å². The van der Waals surface area contributed by atoms with E-state index in [1.165, 1.54) is 17.7 Å². The maximum atomic E-state index is 6.07. The van der Waals surface area contributed by atoms with Crippen molar-refractivity contribution in [2.45, 2.75) is 6.61 Å². The van der Waals surface area contributed by atoms with Crippen molar-refractivity contribution >= 4 is 33.1 Å². The molecule has 2 aromatic heterocycles. The minimum absolute atomic E-state index is 0.464. The Kier molecular flexibility index (Phi) is 3.95. The largest absolute Gasteiger partial charge is 0.488 e. The molecule has 4 N–H and O–H groups in total. The van der Waals surface area contributed by atoms with Crippen LogP contribution >= 0.6 is 11.3 Å². The minimum Gasteiger partial charge on any atom is -0.488 e. The molecule has 0 atom stereocenters. The second-order valence-corrected chi connectivity index (χ2v) is 6.48. The summed E-state index contributed by atoms with van der Waals surface area (Å²) >= 11 is 1.53. The maximum Gasteiger partial charge on any atom is 0.136 e. The highest BCUT2D eigenvalue weighted by molar-refractivity contribution is 7.17. The van der Waals surface area contributed by atoms with E-state index >= 15 is 0 Å². The van der Waals surface area contributed by atoms with E-state index < -0.39 is 0 Å². The van der Waals surface area contributed by atoms with Crippen LogP contribution in [0.15, 0.2) is 60.2 Å². The van der Waals surface area contributed by atoms with Crippen LogP contribution in [0.4, 0.5) is 11.5 Å². The molecule has 0 radical (unpaired) electrons. The van der Waals surface area contributed by atoms with E-state index in [4.69, 9.17) is 16.2 Å². The normalized spacial score (nSPS) is 10.9. The second-order valence-electron chi connectivity index (χ2n) is 5.62. The Labute approximate surface area is 148 Å². The van der Waals surface area contributed by atoms with Crippen molar-refractivity contribution in [1.82, 2.24) is 9.97 Å². The number of hydrogen-bond acceptors (Lipinski definition) is 6. The number of benzene rings is 2. The number of aromatic nitrogens is 2. The standard InChI is InChI=1S/C19H16N4OS/c20-13-6-7-14(15-10-25-19-17(15)18(21)22-11-23-19)16(8-13)24-9-12-4-2-1-3-5-12/h1-8,10-11H,9,20H2,(H2,21,22,23). The van der Waals surface area contributed by atoms with Crippen molar-refractivity contribution in [3.63, 3.8) is 0 Å². The van der Waals surface area contributed by atoms with Crippen LogP contribution in [0.25, 0.3) is 21.3 Å². The van der Waals surface area contributed by atoms with Gasteiger partial charge in [0.15, 0.2) is 0 Å². The fourth-order valence-corrected chi connectivity index (χ4v) is 3.63. The quantitative estimate of drug-likeness (QED) is 0.542. The highest BCUT2D eigenvalue weighted by atomic mass is 32.1. The van der Waals surface area contributed by atoms with Crippen LogP contribution in [0.5, 0.6) is 5.75 Å². The van der Waals surface area contributed by atoms with Crippen LogP contribution in [0.2, 0.25) is 0 Å². The van der Waals surface area contributed by atoms with Gasteiger partial charge < -0.3 is 16.2 Å². The Morgan fingerprint density at radius 2 is 1.80 bits per heavy atom. The van der Waals surface area contributed by atoms with Gasteiger partial charge in [-0.25, -0.2) is 9.97 Å². The lowest BCUT2D eigenvalue weighted by molar-refractivity contribution is 0.308. The molecule has 2 heterocycles. The van der Waals surface area contributed by atoms with Crippen LogP contribution in [-0.2, 0) is 6.61 Å². The molecule has 25 heavy (non-hydrogen) atoms. The van der Waals surface area contributed by atoms with E-state index in [0.29, 0.717) is 23.9 Å². The predicted octanol–water partition coefficient (Wildman–Crippen LogP) is 4.10. The van der Waals surface area contributed by atoms with Gasteiger partial charge in [-0.15, -0.1) is 11.3 Å². The summed E-state index contributed by atoms with van der Waals surface area (Å²) in [6.07, 6.45) is 1.48. The number of nitrogen functional groups attached to an aromatic ring is 2. The minimum atomic E-state index is 0.464. The third-order valence-corrected chi connectivity index (χ3v) is 4.82. The zero-order valence-corrected chi connectivity index (χ0v) is 14.2. The number of rotatable bonds is 4. The molecular weight excluding hydrogens is 332 g/mol. The number of nitrogens with zero attached hydrogens (tertiary/aromatic N) is 2. The molecule has 4 aromatic rings. The van der Waals surface area contributed by atoms with Crippen LogP contribution < -0.4 is 16.2 Å². The van der Waals surface area contributed by atoms with Gasteiger partial charge in [0.1, 0.15) is 29.3 Å². The monoisotopic (exact) mass is 348 g/mol. The Balaban J connectivity index is 1.77. The fraction of sp³-hybridized carbons (Fsp3) is 0.0526. The number of hydrogen-bond donors (Lipinski definition) is 2. The topological polar surface area (TPSA) is 87.0 Å². The summed E-state index contributed by atoms with van der Waals surface area (Å²) in [5.41, 5.74) is 15.7.